The van der Waals surface area contributed by atoms with Crippen LogP contribution in [0.25, 0.3) is 0 Å². The zero-order valence-corrected chi connectivity index (χ0v) is 11.3. The number of rotatable bonds is 5. The summed E-state index contributed by atoms with van der Waals surface area (Å²) in [7, 11) is -3.72. The molecule has 0 bridgehead atoms. The molecular formula is C12H13FN4O2S. The van der Waals surface area contributed by atoms with Crippen molar-refractivity contribution < 1.29 is 12.8 Å². The highest BCUT2D eigenvalue weighted by Crippen LogP contribution is 2.32. The molecule has 0 aliphatic heterocycles. The van der Waals surface area contributed by atoms with Gasteiger partial charge in [0.1, 0.15) is 12.1 Å². The maximum Gasteiger partial charge on any atom is 0.282 e. The number of halogens is 1. The van der Waals surface area contributed by atoms with Gasteiger partial charge in [-0.2, -0.15) is 4.31 Å². The van der Waals surface area contributed by atoms with Gasteiger partial charge in [0.25, 0.3) is 15.2 Å². The highest BCUT2D eigenvalue weighted by atomic mass is 32.2. The van der Waals surface area contributed by atoms with Crippen molar-refractivity contribution in [2.45, 2.75) is 30.6 Å². The summed E-state index contributed by atoms with van der Waals surface area (Å²) in [5.41, 5.74) is 0.734. The molecule has 8 heteroatoms. The van der Waals surface area contributed by atoms with Crippen LogP contribution in [0.2, 0.25) is 0 Å². The Kier molecular flexibility index (Phi) is 3.27. The fourth-order valence-electron chi connectivity index (χ4n) is 1.97. The highest BCUT2D eigenvalue weighted by molar-refractivity contribution is 7.88. The molecule has 0 atom stereocenters. The molecular weight excluding hydrogens is 283 g/mol. The van der Waals surface area contributed by atoms with Gasteiger partial charge in [-0.25, -0.2) is 17.8 Å². The van der Waals surface area contributed by atoms with Crippen molar-refractivity contribution in [3.63, 3.8) is 0 Å². The molecule has 0 spiro atoms. The minimum absolute atomic E-state index is 0.0245. The molecule has 0 amide bonds. The van der Waals surface area contributed by atoms with Gasteiger partial charge in [-0.05, 0) is 30.5 Å². The van der Waals surface area contributed by atoms with Gasteiger partial charge in [0, 0.05) is 12.6 Å². The predicted molar refractivity (Wildman–Crippen MR) is 68.5 cm³/mol. The number of benzene rings is 1. The summed E-state index contributed by atoms with van der Waals surface area (Å²) >= 11 is 0. The van der Waals surface area contributed by atoms with Crippen molar-refractivity contribution in [2.24, 2.45) is 0 Å². The van der Waals surface area contributed by atoms with Crippen LogP contribution in [0.3, 0.4) is 0 Å². The summed E-state index contributed by atoms with van der Waals surface area (Å²) in [6, 6.07) is 5.78. The number of nitrogens with one attached hydrogen (secondary N) is 1. The monoisotopic (exact) mass is 296 g/mol. The Labute approximate surface area is 115 Å². The van der Waals surface area contributed by atoms with E-state index < -0.39 is 10.0 Å². The van der Waals surface area contributed by atoms with E-state index in [-0.39, 0.29) is 23.6 Å². The topological polar surface area (TPSA) is 79.0 Å². The first kappa shape index (κ1) is 13.2. The average molecular weight is 296 g/mol. The quantitative estimate of drug-likeness (QED) is 0.902. The molecule has 20 heavy (non-hydrogen) atoms. The molecule has 1 heterocycles. The van der Waals surface area contributed by atoms with E-state index >= 15 is 0 Å². The van der Waals surface area contributed by atoms with E-state index in [2.05, 4.69) is 15.2 Å². The molecule has 1 aliphatic rings. The summed E-state index contributed by atoms with van der Waals surface area (Å²) in [4.78, 5) is 3.72. The van der Waals surface area contributed by atoms with Gasteiger partial charge in [-0.15, -0.1) is 5.10 Å². The number of hydrogen-bond donors (Lipinski definition) is 1. The van der Waals surface area contributed by atoms with E-state index in [4.69, 9.17) is 0 Å². The van der Waals surface area contributed by atoms with Crippen molar-refractivity contribution in [3.05, 3.63) is 42.0 Å². The van der Waals surface area contributed by atoms with E-state index in [0.29, 0.717) is 0 Å². The number of aromatic nitrogens is 3. The van der Waals surface area contributed by atoms with E-state index in [1.54, 1.807) is 12.1 Å². The average Bonchev–Trinajstić information content (AvgIpc) is 3.09. The molecule has 1 aromatic heterocycles. The van der Waals surface area contributed by atoms with Crippen LogP contribution in [0.1, 0.15) is 18.4 Å². The summed E-state index contributed by atoms with van der Waals surface area (Å²) in [5, 5.41) is 5.82. The third kappa shape index (κ3) is 2.56. The fraction of sp³-hybridized carbons (Fsp3) is 0.333. The van der Waals surface area contributed by atoms with Gasteiger partial charge in [-0.3, -0.25) is 5.10 Å². The first-order valence-electron chi connectivity index (χ1n) is 6.19. The van der Waals surface area contributed by atoms with Crippen LogP contribution in [0, 0.1) is 5.82 Å². The lowest BCUT2D eigenvalue weighted by Crippen LogP contribution is -2.33. The van der Waals surface area contributed by atoms with Crippen LogP contribution >= 0.6 is 0 Å². The largest absolute Gasteiger partial charge is 0.282 e. The van der Waals surface area contributed by atoms with Crippen molar-refractivity contribution >= 4 is 10.0 Å². The minimum atomic E-state index is -3.72. The van der Waals surface area contributed by atoms with Gasteiger partial charge in [-0.1, -0.05) is 12.1 Å². The van der Waals surface area contributed by atoms with Gasteiger partial charge >= 0.3 is 0 Å². The Morgan fingerprint density at radius 2 is 2.00 bits per heavy atom. The molecule has 0 radical (unpaired) electrons. The second-order valence-corrected chi connectivity index (χ2v) is 6.47. The van der Waals surface area contributed by atoms with Crippen molar-refractivity contribution in [1.29, 1.82) is 0 Å². The van der Waals surface area contributed by atoms with Crippen molar-refractivity contribution in [3.8, 4) is 0 Å². The van der Waals surface area contributed by atoms with Crippen molar-refractivity contribution in [1.82, 2.24) is 19.5 Å². The molecule has 106 valence electrons. The van der Waals surface area contributed by atoms with Gasteiger partial charge in [0.2, 0.25) is 0 Å². The number of aromatic amines is 1. The molecule has 1 saturated carbocycles. The summed E-state index contributed by atoms with van der Waals surface area (Å²) in [5.74, 6) is -0.344. The lowest BCUT2D eigenvalue weighted by atomic mass is 10.2. The molecule has 1 aromatic carbocycles. The van der Waals surface area contributed by atoms with Crippen LogP contribution in [-0.4, -0.2) is 33.9 Å². The smallest absolute Gasteiger partial charge is 0.265 e. The Morgan fingerprint density at radius 3 is 2.55 bits per heavy atom. The van der Waals surface area contributed by atoms with E-state index in [0.717, 1.165) is 18.4 Å². The molecule has 6 nitrogen and oxygen atoms in total. The van der Waals surface area contributed by atoms with Crippen LogP contribution < -0.4 is 0 Å². The molecule has 0 unspecified atom stereocenters. The van der Waals surface area contributed by atoms with Crippen LogP contribution in [0.5, 0.6) is 0 Å². The third-order valence-electron chi connectivity index (χ3n) is 3.14. The van der Waals surface area contributed by atoms with Crippen LogP contribution in [0.15, 0.2) is 35.7 Å². The van der Waals surface area contributed by atoms with Crippen molar-refractivity contribution in [2.75, 3.05) is 0 Å². The second-order valence-electron chi connectivity index (χ2n) is 4.69. The van der Waals surface area contributed by atoms with Gasteiger partial charge in [0.05, 0.1) is 0 Å². The van der Waals surface area contributed by atoms with E-state index in [1.807, 2.05) is 0 Å². The SMILES string of the molecule is O=S(=O)(c1nc[nH]n1)N(Cc1ccc(F)cc1)C1CC1. The van der Waals surface area contributed by atoms with Gasteiger partial charge < -0.3 is 0 Å². The lowest BCUT2D eigenvalue weighted by Gasteiger charge is -2.19. The molecule has 2 aromatic rings. The first-order chi connectivity index (χ1) is 9.57. The zero-order valence-electron chi connectivity index (χ0n) is 10.5. The Bertz CT molecular complexity index is 681. The van der Waals surface area contributed by atoms with Crippen LogP contribution in [0.4, 0.5) is 4.39 Å². The zero-order chi connectivity index (χ0) is 14.2. The third-order valence-corrected chi connectivity index (χ3v) is 4.84. The Morgan fingerprint density at radius 1 is 1.30 bits per heavy atom. The summed E-state index contributed by atoms with van der Waals surface area (Å²) < 4.78 is 39.2. The maximum atomic E-state index is 12.9. The fourth-order valence-corrected chi connectivity index (χ4v) is 3.45. The highest BCUT2D eigenvalue weighted by Gasteiger charge is 2.39. The second kappa shape index (κ2) is 4.95. The molecule has 3 rings (SSSR count). The normalized spacial score (nSPS) is 15.7. The van der Waals surface area contributed by atoms with Gasteiger partial charge in [0.15, 0.2) is 0 Å². The van der Waals surface area contributed by atoms with E-state index in [9.17, 15) is 12.8 Å². The van der Waals surface area contributed by atoms with E-state index in [1.165, 1.54) is 22.8 Å². The number of sulfonamides is 1. The Hall–Kier alpha value is -1.80. The molecule has 1 N–H and O–H groups in total. The molecule has 1 fully saturated rings. The summed E-state index contributed by atoms with van der Waals surface area (Å²) in [6.45, 7) is 0.196. The number of nitrogens with zero attached hydrogens (tertiary/aromatic N) is 3. The lowest BCUT2D eigenvalue weighted by molar-refractivity contribution is 0.394. The molecule has 0 saturated heterocycles. The minimum Gasteiger partial charge on any atom is -0.265 e. The Balaban J connectivity index is 1.88. The van der Waals surface area contributed by atoms with Crippen LogP contribution in [-0.2, 0) is 16.6 Å². The standard InChI is InChI=1S/C12H13FN4O2S/c13-10-3-1-9(2-4-10)7-17(11-5-6-11)20(18,19)12-14-8-15-16-12/h1-4,8,11H,5-7H2,(H,14,15,16). The number of hydrogen-bond acceptors (Lipinski definition) is 4. The molecule has 1 aliphatic carbocycles. The predicted octanol–water partition coefficient (Wildman–Crippen LogP) is 1.30. The first-order valence-corrected chi connectivity index (χ1v) is 7.63. The number of H-pyrrole nitrogens is 1. The summed E-state index contributed by atoms with van der Waals surface area (Å²) in [6.07, 6.45) is 2.88. The maximum absolute atomic E-state index is 12.9.